The van der Waals surface area contributed by atoms with Gasteiger partial charge in [0.1, 0.15) is 0 Å². The fraction of sp³-hybridized carbons (Fsp3) is 0.714. The van der Waals surface area contributed by atoms with E-state index >= 15 is 0 Å². The van der Waals surface area contributed by atoms with E-state index in [9.17, 15) is 0 Å². The maximum Gasteiger partial charge on any atom is 0.218 e. The van der Waals surface area contributed by atoms with Gasteiger partial charge in [0.25, 0.3) is 0 Å². The average Bonchev–Trinajstić information content (AvgIpc) is 2.61. The Hall–Kier alpha value is -0.520. The largest absolute Gasteiger partial charge is 0.368 e. The summed E-state index contributed by atoms with van der Waals surface area (Å²) in [7, 11) is 1.81. The van der Waals surface area contributed by atoms with Crippen molar-refractivity contribution in [1.82, 2.24) is 20.1 Å². The number of hydrogen-bond acceptors (Lipinski definition) is 4. The Morgan fingerprint density at radius 1 is 1.50 bits per heavy atom. The number of nitrogen functional groups attached to an aromatic ring is 1. The number of nitrogens with two attached hydrogens (primary N) is 1. The van der Waals surface area contributed by atoms with Gasteiger partial charge in [0, 0.05) is 7.05 Å². The molecular weight excluding hydrogens is 225 g/mol. The molecule has 7 heteroatoms. The van der Waals surface area contributed by atoms with Gasteiger partial charge in [-0.3, -0.25) is 0 Å². The van der Waals surface area contributed by atoms with Crippen molar-refractivity contribution in [3.05, 3.63) is 5.82 Å². The third kappa shape index (κ3) is 2.50. The molecule has 0 spiro atoms. The van der Waals surface area contributed by atoms with E-state index in [4.69, 9.17) is 5.73 Å². The van der Waals surface area contributed by atoms with E-state index < -0.39 is 0 Å². The molecular formula is C7H15Cl2N5. The van der Waals surface area contributed by atoms with E-state index in [2.05, 4.69) is 15.4 Å². The summed E-state index contributed by atoms with van der Waals surface area (Å²) in [6.45, 7) is 1.06. The summed E-state index contributed by atoms with van der Waals surface area (Å²) in [6, 6.07) is 0.313. The van der Waals surface area contributed by atoms with E-state index in [1.165, 1.54) is 6.42 Å². The number of anilines is 1. The predicted molar refractivity (Wildman–Crippen MR) is 59.9 cm³/mol. The van der Waals surface area contributed by atoms with E-state index in [1.807, 2.05) is 0 Å². The molecule has 0 aromatic carbocycles. The van der Waals surface area contributed by atoms with Gasteiger partial charge in [-0.1, -0.05) is 0 Å². The normalized spacial score (nSPS) is 19.9. The topological polar surface area (TPSA) is 68.8 Å². The van der Waals surface area contributed by atoms with Crippen LogP contribution in [0.2, 0.25) is 0 Å². The monoisotopic (exact) mass is 239 g/mol. The lowest BCUT2D eigenvalue weighted by atomic mass is 10.2. The van der Waals surface area contributed by atoms with Crippen LogP contribution in [0, 0.1) is 0 Å². The van der Waals surface area contributed by atoms with Crippen molar-refractivity contribution in [1.29, 1.82) is 0 Å². The van der Waals surface area contributed by atoms with Crippen LogP contribution in [0.5, 0.6) is 0 Å². The van der Waals surface area contributed by atoms with E-state index in [0.717, 1.165) is 18.8 Å². The minimum absolute atomic E-state index is 0. The third-order valence-corrected chi connectivity index (χ3v) is 2.19. The number of aryl methyl sites for hydroxylation is 1. The Morgan fingerprint density at radius 3 is 2.64 bits per heavy atom. The molecule has 0 radical (unpaired) electrons. The molecule has 82 valence electrons. The molecule has 1 aromatic rings. The van der Waals surface area contributed by atoms with Crippen LogP contribution in [-0.2, 0) is 7.05 Å². The molecule has 0 saturated carbocycles. The first kappa shape index (κ1) is 13.5. The van der Waals surface area contributed by atoms with Crippen LogP contribution in [0.1, 0.15) is 24.7 Å². The van der Waals surface area contributed by atoms with Gasteiger partial charge in [-0.05, 0) is 19.4 Å². The number of nitrogens with zero attached hydrogens (tertiary/aromatic N) is 3. The van der Waals surface area contributed by atoms with E-state index in [0.29, 0.717) is 12.0 Å². The van der Waals surface area contributed by atoms with Crippen LogP contribution < -0.4 is 11.1 Å². The van der Waals surface area contributed by atoms with Gasteiger partial charge >= 0.3 is 0 Å². The molecule has 5 nitrogen and oxygen atoms in total. The highest BCUT2D eigenvalue weighted by Gasteiger charge is 2.20. The van der Waals surface area contributed by atoms with E-state index in [-0.39, 0.29) is 24.8 Å². The molecule has 0 amide bonds. The summed E-state index contributed by atoms with van der Waals surface area (Å²) in [5.41, 5.74) is 5.57. The molecule has 2 heterocycles. The van der Waals surface area contributed by atoms with Gasteiger partial charge in [0.05, 0.1) is 6.04 Å². The summed E-state index contributed by atoms with van der Waals surface area (Å²) in [6.07, 6.45) is 2.31. The van der Waals surface area contributed by atoms with Gasteiger partial charge in [0.15, 0.2) is 5.82 Å². The Labute approximate surface area is 95.3 Å². The quantitative estimate of drug-likeness (QED) is 0.756. The van der Waals surface area contributed by atoms with Crippen LogP contribution >= 0.6 is 24.8 Å². The zero-order valence-corrected chi connectivity index (χ0v) is 9.57. The Balaban J connectivity index is 0.000000845. The molecule has 1 saturated heterocycles. The van der Waals surface area contributed by atoms with Crippen molar-refractivity contribution in [2.45, 2.75) is 18.9 Å². The first-order chi connectivity index (χ1) is 5.77. The molecule has 0 bridgehead atoms. The molecule has 1 atom stereocenters. The second-order valence-corrected chi connectivity index (χ2v) is 3.10. The number of hydrogen-bond donors (Lipinski definition) is 2. The lowest BCUT2D eigenvalue weighted by molar-refractivity contribution is 0.595. The minimum Gasteiger partial charge on any atom is -0.368 e. The van der Waals surface area contributed by atoms with Crippen LogP contribution in [-0.4, -0.2) is 21.3 Å². The summed E-state index contributed by atoms with van der Waals surface area (Å²) in [5.74, 6) is 1.31. The number of halogens is 2. The number of nitrogens with one attached hydrogen (secondary N) is 1. The highest BCUT2D eigenvalue weighted by atomic mass is 35.5. The summed E-state index contributed by atoms with van der Waals surface area (Å²) >= 11 is 0. The molecule has 1 aliphatic rings. The van der Waals surface area contributed by atoms with Gasteiger partial charge in [-0.25, -0.2) is 4.68 Å². The molecule has 2 rings (SSSR count). The molecule has 3 N–H and O–H groups in total. The lowest BCUT2D eigenvalue weighted by Crippen LogP contribution is -2.14. The zero-order valence-electron chi connectivity index (χ0n) is 7.93. The zero-order chi connectivity index (χ0) is 8.55. The van der Waals surface area contributed by atoms with Crippen LogP contribution in [0.3, 0.4) is 0 Å². The van der Waals surface area contributed by atoms with Gasteiger partial charge in [-0.2, -0.15) is 10.1 Å². The van der Waals surface area contributed by atoms with Crippen molar-refractivity contribution < 1.29 is 0 Å². The molecule has 1 fully saturated rings. The number of aromatic nitrogens is 3. The van der Waals surface area contributed by atoms with Gasteiger partial charge in [-0.15, -0.1) is 24.8 Å². The maximum absolute atomic E-state index is 5.57. The second-order valence-electron chi connectivity index (χ2n) is 3.10. The third-order valence-electron chi connectivity index (χ3n) is 2.19. The van der Waals surface area contributed by atoms with Crippen molar-refractivity contribution in [3.8, 4) is 0 Å². The fourth-order valence-corrected chi connectivity index (χ4v) is 1.47. The Bertz CT molecular complexity index is 262. The summed E-state index contributed by atoms with van der Waals surface area (Å²) in [4.78, 5) is 4.16. The SMILES string of the molecule is Cl.Cl.Cn1nc([C@@H]2CCCN2)nc1N. The predicted octanol–water partition coefficient (Wildman–Crippen LogP) is 0.665. The highest BCUT2D eigenvalue weighted by molar-refractivity contribution is 5.85. The summed E-state index contributed by atoms with van der Waals surface area (Å²) in [5, 5.41) is 7.53. The Morgan fingerprint density at radius 2 is 2.21 bits per heavy atom. The molecule has 1 aromatic heterocycles. The fourth-order valence-electron chi connectivity index (χ4n) is 1.47. The molecule has 14 heavy (non-hydrogen) atoms. The van der Waals surface area contributed by atoms with Gasteiger partial charge in [0.2, 0.25) is 5.95 Å². The van der Waals surface area contributed by atoms with Gasteiger partial charge < -0.3 is 11.1 Å². The van der Waals surface area contributed by atoms with Crippen LogP contribution in [0.4, 0.5) is 5.95 Å². The van der Waals surface area contributed by atoms with Crippen molar-refractivity contribution in [3.63, 3.8) is 0 Å². The number of rotatable bonds is 1. The molecule has 1 aliphatic heterocycles. The smallest absolute Gasteiger partial charge is 0.218 e. The van der Waals surface area contributed by atoms with Crippen LogP contribution in [0.15, 0.2) is 0 Å². The maximum atomic E-state index is 5.57. The lowest BCUT2D eigenvalue weighted by Gasteiger charge is -2.02. The van der Waals surface area contributed by atoms with Crippen LogP contribution in [0.25, 0.3) is 0 Å². The van der Waals surface area contributed by atoms with Crippen molar-refractivity contribution in [2.75, 3.05) is 12.3 Å². The molecule has 0 aliphatic carbocycles. The first-order valence-electron chi connectivity index (χ1n) is 4.17. The standard InChI is InChI=1S/C7H13N5.2ClH/c1-12-7(8)10-6(11-12)5-3-2-4-9-5;;/h5,9H,2-4H2,1H3,(H2,8,10,11);2*1H/t5-;;/m0../s1. The first-order valence-corrected chi connectivity index (χ1v) is 4.17. The van der Waals surface area contributed by atoms with Crippen molar-refractivity contribution in [2.24, 2.45) is 7.05 Å². The summed E-state index contributed by atoms with van der Waals surface area (Å²) < 4.78 is 1.61. The minimum atomic E-state index is 0. The second kappa shape index (κ2) is 5.38. The highest BCUT2D eigenvalue weighted by Crippen LogP contribution is 2.19. The molecule has 0 unspecified atom stereocenters. The van der Waals surface area contributed by atoms with Crippen molar-refractivity contribution >= 4 is 30.8 Å². The Kier molecular flexibility index (Phi) is 5.18. The van der Waals surface area contributed by atoms with E-state index in [1.54, 1.807) is 11.7 Å². The average molecular weight is 240 g/mol.